The molecule has 4 aliphatic carbocycles. The predicted molar refractivity (Wildman–Crippen MR) is 261 cm³/mol. The van der Waals surface area contributed by atoms with E-state index in [4.69, 9.17) is 4.99 Å². The summed E-state index contributed by atoms with van der Waals surface area (Å²) in [5.74, 6) is 0.888. The van der Waals surface area contributed by atoms with Crippen molar-refractivity contribution in [3.8, 4) is 33.4 Å². The second kappa shape index (κ2) is 15.1. The fraction of sp³-hybridized carbons (Fsp3) is 0.217. The molecule has 1 saturated carbocycles. The summed E-state index contributed by atoms with van der Waals surface area (Å²) in [5.41, 5.74) is 23.3. The van der Waals surface area contributed by atoms with Crippen LogP contribution in [0, 0.1) is 0 Å². The molecule has 7 aromatic carbocycles. The zero-order valence-corrected chi connectivity index (χ0v) is 36.3. The molecule has 0 aromatic heterocycles. The zero-order chi connectivity index (χ0) is 42.1. The average Bonchev–Trinajstić information content (AvgIpc) is 3.74. The molecule has 1 fully saturated rings. The molecule has 2 unspecified atom stereocenters. The van der Waals surface area contributed by atoms with Gasteiger partial charge >= 0.3 is 0 Å². The molecule has 12 rings (SSSR count). The highest BCUT2D eigenvalue weighted by molar-refractivity contribution is 6.11. The lowest BCUT2D eigenvalue weighted by atomic mass is 9.67. The number of hydrogen-bond donors (Lipinski definition) is 2. The van der Waals surface area contributed by atoms with Crippen LogP contribution in [-0.2, 0) is 10.8 Å². The predicted octanol–water partition coefficient (Wildman–Crippen LogP) is 14.5. The number of rotatable bonds is 6. The Balaban J connectivity index is 0.831. The van der Waals surface area contributed by atoms with Gasteiger partial charge in [0, 0.05) is 16.4 Å². The number of nitrogens with one attached hydrogen (secondary N) is 2. The lowest BCUT2D eigenvalue weighted by molar-refractivity contribution is 0.352. The number of benzene rings is 7. The van der Waals surface area contributed by atoms with Gasteiger partial charge in [0.25, 0.3) is 0 Å². The minimum atomic E-state index is -0.179. The van der Waals surface area contributed by atoms with Crippen molar-refractivity contribution in [3.63, 3.8) is 0 Å². The van der Waals surface area contributed by atoms with Gasteiger partial charge in [-0.2, -0.15) is 0 Å². The molecular formula is C60H53N3. The first-order chi connectivity index (χ1) is 30.9. The van der Waals surface area contributed by atoms with Crippen LogP contribution >= 0.6 is 0 Å². The van der Waals surface area contributed by atoms with Gasteiger partial charge < -0.3 is 5.32 Å². The van der Waals surface area contributed by atoms with Crippen molar-refractivity contribution < 1.29 is 0 Å². The minimum absolute atomic E-state index is 0.000167. The summed E-state index contributed by atoms with van der Waals surface area (Å²) in [6.45, 7) is 4.95. The Labute approximate surface area is 372 Å². The van der Waals surface area contributed by atoms with E-state index < -0.39 is 0 Å². The van der Waals surface area contributed by atoms with Gasteiger partial charge in [-0.3, -0.25) is 5.32 Å². The van der Waals surface area contributed by atoms with E-state index in [1.165, 1.54) is 98.9 Å². The number of amidine groups is 1. The van der Waals surface area contributed by atoms with Gasteiger partial charge in [-0.15, -0.1) is 0 Å². The van der Waals surface area contributed by atoms with Crippen molar-refractivity contribution in [2.45, 2.75) is 82.0 Å². The highest BCUT2D eigenvalue weighted by Gasteiger charge is 2.47. The Morgan fingerprint density at radius 2 is 1.10 bits per heavy atom. The van der Waals surface area contributed by atoms with Crippen LogP contribution in [-0.4, -0.2) is 5.84 Å². The Hall–Kier alpha value is -6.55. The molecular weight excluding hydrogens is 763 g/mol. The number of hydrogen-bond acceptors (Lipinski definition) is 3. The fourth-order valence-electron chi connectivity index (χ4n) is 11.9. The van der Waals surface area contributed by atoms with Gasteiger partial charge in [-0.05, 0) is 121 Å². The van der Waals surface area contributed by atoms with E-state index >= 15 is 0 Å². The van der Waals surface area contributed by atoms with Gasteiger partial charge in [0.15, 0.2) is 0 Å². The molecule has 7 aromatic rings. The summed E-state index contributed by atoms with van der Waals surface area (Å²) >= 11 is 0. The summed E-state index contributed by atoms with van der Waals surface area (Å²) in [7, 11) is 0. The van der Waals surface area contributed by atoms with E-state index in [-0.39, 0.29) is 23.2 Å². The smallest absolute Gasteiger partial charge is 0.131 e. The summed E-state index contributed by atoms with van der Waals surface area (Å²) < 4.78 is 0. The summed E-state index contributed by atoms with van der Waals surface area (Å²) in [4.78, 5) is 5.22. The third-order valence-electron chi connectivity index (χ3n) is 15.1. The van der Waals surface area contributed by atoms with E-state index in [2.05, 4.69) is 200 Å². The maximum absolute atomic E-state index is 5.22. The molecule has 2 N–H and O–H groups in total. The Bertz CT molecular complexity index is 2960. The lowest BCUT2D eigenvalue weighted by Gasteiger charge is -2.36. The third kappa shape index (κ3) is 6.31. The van der Waals surface area contributed by atoms with Crippen molar-refractivity contribution in [1.29, 1.82) is 0 Å². The number of allylic oxidation sites excluding steroid dienone is 4. The van der Waals surface area contributed by atoms with Crippen LogP contribution in [0.5, 0.6) is 0 Å². The zero-order valence-electron chi connectivity index (χ0n) is 36.3. The SMILES string of the molecule is CC1(C)C2=C(C(c3ccc(-c4ccc(C5=NC(c6ccccc6)NC(c6ccc(-c7ccccc7)cc6)N5)cc4)cc3)=CCC2)c2cc3c(cc21)-c1ccccc1C31CCCCC1. The number of aliphatic imine (C=N–C) groups is 1. The van der Waals surface area contributed by atoms with E-state index in [0.717, 1.165) is 29.8 Å². The van der Waals surface area contributed by atoms with Crippen LogP contribution < -0.4 is 10.6 Å². The summed E-state index contributed by atoms with van der Waals surface area (Å²) in [5, 5.41) is 7.50. The summed E-state index contributed by atoms with van der Waals surface area (Å²) in [6.07, 6.45) is 10.9. The maximum atomic E-state index is 5.22. The second-order valence-corrected chi connectivity index (χ2v) is 18.9. The van der Waals surface area contributed by atoms with E-state index in [1.807, 2.05) is 0 Å². The fourth-order valence-corrected chi connectivity index (χ4v) is 11.9. The van der Waals surface area contributed by atoms with Crippen molar-refractivity contribution in [2.24, 2.45) is 4.99 Å². The maximum Gasteiger partial charge on any atom is 0.131 e. The summed E-state index contributed by atoms with van der Waals surface area (Å²) in [6, 6.07) is 62.8. The molecule has 63 heavy (non-hydrogen) atoms. The molecule has 5 aliphatic rings. The largest absolute Gasteiger partial charge is 0.350 e. The average molecular weight is 816 g/mol. The topological polar surface area (TPSA) is 36.4 Å². The van der Waals surface area contributed by atoms with Crippen LogP contribution in [0.15, 0.2) is 186 Å². The first kappa shape index (κ1) is 38.2. The van der Waals surface area contributed by atoms with Crippen LogP contribution in [0.2, 0.25) is 0 Å². The molecule has 3 heteroatoms. The molecule has 308 valence electrons. The number of nitrogens with zero attached hydrogens (tertiary/aromatic N) is 1. The van der Waals surface area contributed by atoms with Crippen LogP contribution in [0.1, 0.15) is 116 Å². The molecule has 1 heterocycles. The first-order valence-electron chi connectivity index (χ1n) is 23.2. The van der Waals surface area contributed by atoms with Crippen LogP contribution in [0.25, 0.3) is 44.5 Å². The third-order valence-corrected chi connectivity index (χ3v) is 15.1. The second-order valence-electron chi connectivity index (χ2n) is 18.9. The van der Waals surface area contributed by atoms with Crippen LogP contribution in [0.3, 0.4) is 0 Å². The first-order valence-corrected chi connectivity index (χ1v) is 23.2. The van der Waals surface area contributed by atoms with Gasteiger partial charge in [0.05, 0.1) is 0 Å². The molecule has 0 saturated heterocycles. The highest BCUT2D eigenvalue weighted by atomic mass is 15.3. The van der Waals surface area contributed by atoms with Crippen LogP contribution in [0.4, 0.5) is 0 Å². The molecule has 2 atom stereocenters. The quantitative estimate of drug-likeness (QED) is 0.175. The Kier molecular flexibility index (Phi) is 9.13. The van der Waals surface area contributed by atoms with Gasteiger partial charge in [0.2, 0.25) is 0 Å². The Morgan fingerprint density at radius 1 is 0.508 bits per heavy atom. The van der Waals surface area contributed by atoms with E-state index in [1.54, 1.807) is 16.7 Å². The molecule has 0 amide bonds. The number of fused-ring (bicyclic) bond motifs is 7. The molecule has 0 radical (unpaired) electrons. The van der Waals surface area contributed by atoms with E-state index in [0.29, 0.717) is 0 Å². The van der Waals surface area contributed by atoms with Crippen molar-refractivity contribution in [3.05, 3.63) is 226 Å². The van der Waals surface area contributed by atoms with Crippen molar-refractivity contribution in [1.82, 2.24) is 10.6 Å². The molecule has 3 nitrogen and oxygen atoms in total. The molecule has 0 bridgehead atoms. The van der Waals surface area contributed by atoms with Gasteiger partial charge in [-0.25, -0.2) is 4.99 Å². The highest BCUT2D eigenvalue weighted by Crippen LogP contribution is 2.61. The lowest BCUT2D eigenvalue weighted by Crippen LogP contribution is -2.44. The van der Waals surface area contributed by atoms with Gasteiger partial charge in [-0.1, -0.05) is 202 Å². The van der Waals surface area contributed by atoms with Gasteiger partial charge in [0.1, 0.15) is 18.2 Å². The standard InChI is InChI=1S/C60H53N3/c1-59(2)52-22-14-20-47(55(52)50-38-54-49(37-53(50)59)48-19-10-11-21-51(48)60(54)35-12-5-13-36-60)43-29-23-41(24-30-43)42-27-33-46(34-28-42)58-62-56(44-17-8-4-9-18-44)61-57(63-58)45-31-25-40(26-32-45)39-15-6-3-7-16-39/h3-4,6-11,15-21,23-34,37-38,56-57,61H,5,12-14,22,35-36H2,1-2H3,(H,62,63). The normalized spacial score (nSPS) is 20.2. The Morgan fingerprint density at radius 3 is 1.81 bits per heavy atom. The molecule has 1 spiro atoms. The van der Waals surface area contributed by atoms with Crippen molar-refractivity contribution in [2.75, 3.05) is 0 Å². The van der Waals surface area contributed by atoms with Crippen molar-refractivity contribution >= 4 is 17.0 Å². The monoisotopic (exact) mass is 815 g/mol. The minimum Gasteiger partial charge on any atom is -0.350 e. The van der Waals surface area contributed by atoms with E-state index in [9.17, 15) is 0 Å². The molecule has 1 aliphatic heterocycles.